The number of para-hydroxylation sites is 1. The topological polar surface area (TPSA) is 49.8 Å². The molecule has 1 aromatic heterocycles. The van der Waals surface area contributed by atoms with E-state index in [2.05, 4.69) is 65.9 Å². The molecule has 4 nitrogen and oxygen atoms in total. The highest BCUT2D eigenvalue weighted by Crippen LogP contribution is 2.24. The van der Waals surface area contributed by atoms with E-state index in [1.54, 1.807) is 0 Å². The summed E-state index contributed by atoms with van der Waals surface area (Å²) in [5.74, 6) is 1.42. The number of benzene rings is 3. The monoisotopic (exact) mass is 354 g/mol. The predicted octanol–water partition coefficient (Wildman–Crippen LogP) is 5.60. The number of hydrogen-bond donors (Lipinski definition) is 2. The molecule has 27 heavy (non-hydrogen) atoms. The van der Waals surface area contributed by atoms with Crippen LogP contribution in [0.3, 0.4) is 0 Å². The second-order valence-electron chi connectivity index (χ2n) is 6.74. The van der Waals surface area contributed by atoms with Crippen LogP contribution in [-0.4, -0.2) is 9.97 Å². The molecule has 0 atom stereocenters. The zero-order chi connectivity index (χ0) is 18.6. The third kappa shape index (κ3) is 4.06. The minimum Gasteiger partial charge on any atom is -0.365 e. The molecular weight excluding hydrogens is 332 g/mol. The lowest BCUT2D eigenvalue weighted by Gasteiger charge is -2.12. The Labute approximate surface area is 159 Å². The highest BCUT2D eigenvalue weighted by molar-refractivity contribution is 5.90. The SMILES string of the molecule is Cc1ccc(CNc2nc(Nc3ccc(C)cc3)nc3ccccc23)cc1. The smallest absolute Gasteiger partial charge is 0.229 e. The van der Waals surface area contributed by atoms with Crippen LogP contribution in [0.5, 0.6) is 0 Å². The number of aryl methyl sites for hydroxylation is 2. The molecule has 0 aliphatic heterocycles. The van der Waals surface area contributed by atoms with Crippen LogP contribution in [0, 0.1) is 13.8 Å². The van der Waals surface area contributed by atoms with Crippen molar-refractivity contribution in [2.75, 3.05) is 10.6 Å². The fourth-order valence-electron chi connectivity index (χ4n) is 2.92. The van der Waals surface area contributed by atoms with Crippen molar-refractivity contribution in [3.8, 4) is 0 Å². The van der Waals surface area contributed by atoms with Gasteiger partial charge in [0.25, 0.3) is 0 Å². The molecule has 4 rings (SSSR count). The number of aromatic nitrogens is 2. The predicted molar refractivity (Wildman–Crippen MR) is 113 cm³/mol. The molecule has 134 valence electrons. The maximum absolute atomic E-state index is 4.72. The lowest BCUT2D eigenvalue weighted by molar-refractivity contribution is 1.10. The average Bonchev–Trinajstić information content (AvgIpc) is 2.69. The first-order valence-corrected chi connectivity index (χ1v) is 9.07. The van der Waals surface area contributed by atoms with Crippen LogP contribution >= 0.6 is 0 Å². The second-order valence-corrected chi connectivity index (χ2v) is 6.74. The number of rotatable bonds is 5. The Morgan fingerprint density at radius 3 is 2.15 bits per heavy atom. The van der Waals surface area contributed by atoms with Crippen molar-refractivity contribution < 1.29 is 0 Å². The summed E-state index contributed by atoms with van der Waals surface area (Å²) in [5.41, 5.74) is 5.58. The molecule has 0 spiro atoms. The van der Waals surface area contributed by atoms with Crippen LogP contribution in [-0.2, 0) is 6.54 Å². The molecule has 0 saturated heterocycles. The standard InChI is InChI=1S/C23H22N4/c1-16-7-11-18(12-8-16)15-24-22-20-5-3-4-6-21(20)26-23(27-22)25-19-13-9-17(2)10-14-19/h3-14H,15H2,1-2H3,(H2,24,25,26,27). The molecule has 3 aromatic carbocycles. The molecule has 0 bridgehead atoms. The maximum Gasteiger partial charge on any atom is 0.229 e. The summed E-state index contributed by atoms with van der Waals surface area (Å²) in [6, 6.07) is 24.8. The fraction of sp³-hybridized carbons (Fsp3) is 0.130. The highest BCUT2D eigenvalue weighted by Gasteiger charge is 2.08. The van der Waals surface area contributed by atoms with E-state index in [0.717, 1.165) is 22.4 Å². The van der Waals surface area contributed by atoms with Gasteiger partial charge >= 0.3 is 0 Å². The van der Waals surface area contributed by atoms with Crippen molar-refractivity contribution in [2.24, 2.45) is 0 Å². The maximum atomic E-state index is 4.72. The molecule has 0 aliphatic carbocycles. The summed E-state index contributed by atoms with van der Waals surface area (Å²) in [4.78, 5) is 9.38. The molecule has 0 radical (unpaired) electrons. The van der Waals surface area contributed by atoms with Gasteiger partial charge in [-0.1, -0.05) is 59.7 Å². The van der Waals surface area contributed by atoms with Gasteiger partial charge in [-0.25, -0.2) is 4.98 Å². The number of hydrogen-bond acceptors (Lipinski definition) is 4. The first kappa shape index (κ1) is 17.0. The van der Waals surface area contributed by atoms with Gasteiger partial charge in [-0.15, -0.1) is 0 Å². The van der Waals surface area contributed by atoms with Crippen molar-refractivity contribution in [1.82, 2.24) is 9.97 Å². The summed E-state index contributed by atoms with van der Waals surface area (Å²) < 4.78 is 0. The van der Waals surface area contributed by atoms with Crippen LogP contribution in [0.2, 0.25) is 0 Å². The minimum atomic E-state index is 0.587. The zero-order valence-electron chi connectivity index (χ0n) is 15.5. The lowest BCUT2D eigenvalue weighted by atomic mass is 10.1. The number of nitrogens with one attached hydrogen (secondary N) is 2. The van der Waals surface area contributed by atoms with E-state index in [1.165, 1.54) is 16.7 Å². The Hall–Kier alpha value is -3.40. The third-order valence-electron chi connectivity index (χ3n) is 4.49. The van der Waals surface area contributed by atoms with Crippen molar-refractivity contribution >= 4 is 28.4 Å². The van der Waals surface area contributed by atoms with Crippen LogP contribution < -0.4 is 10.6 Å². The minimum absolute atomic E-state index is 0.587. The molecular formula is C23H22N4. The van der Waals surface area contributed by atoms with Gasteiger partial charge in [0.1, 0.15) is 5.82 Å². The first-order chi connectivity index (χ1) is 13.2. The quantitative estimate of drug-likeness (QED) is 0.489. The van der Waals surface area contributed by atoms with E-state index < -0.39 is 0 Å². The molecule has 0 amide bonds. The van der Waals surface area contributed by atoms with Crippen LogP contribution in [0.4, 0.5) is 17.5 Å². The number of fused-ring (bicyclic) bond motifs is 1. The Morgan fingerprint density at radius 2 is 1.41 bits per heavy atom. The van der Waals surface area contributed by atoms with Gasteiger partial charge in [-0.2, -0.15) is 4.98 Å². The number of nitrogens with zero attached hydrogens (tertiary/aromatic N) is 2. The number of anilines is 3. The lowest BCUT2D eigenvalue weighted by Crippen LogP contribution is -2.05. The third-order valence-corrected chi connectivity index (χ3v) is 4.49. The van der Waals surface area contributed by atoms with Crippen molar-refractivity contribution in [2.45, 2.75) is 20.4 Å². The van der Waals surface area contributed by atoms with E-state index >= 15 is 0 Å². The fourth-order valence-corrected chi connectivity index (χ4v) is 2.92. The van der Waals surface area contributed by atoms with Gasteiger partial charge in [0, 0.05) is 17.6 Å². The van der Waals surface area contributed by atoms with Gasteiger partial charge in [0.2, 0.25) is 5.95 Å². The molecule has 0 fully saturated rings. The highest BCUT2D eigenvalue weighted by atomic mass is 15.1. The second kappa shape index (κ2) is 7.46. The summed E-state index contributed by atoms with van der Waals surface area (Å²) >= 11 is 0. The van der Waals surface area contributed by atoms with E-state index in [9.17, 15) is 0 Å². The van der Waals surface area contributed by atoms with E-state index in [4.69, 9.17) is 4.98 Å². The molecule has 0 unspecified atom stereocenters. The van der Waals surface area contributed by atoms with E-state index in [-0.39, 0.29) is 0 Å². The van der Waals surface area contributed by atoms with Crippen LogP contribution in [0.1, 0.15) is 16.7 Å². The van der Waals surface area contributed by atoms with Crippen molar-refractivity contribution in [3.63, 3.8) is 0 Å². The van der Waals surface area contributed by atoms with E-state index in [0.29, 0.717) is 12.5 Å². The van der Waals surface area contributed by atoms with Gasteiger partial charge in [-0.05, 0) is 43.7 Å². The van der Waals surface area contributed by atoms with Gasteiger partial charge < -0.3 is 10.6 Å². The Morgan fingerprint density at radius 1 is 0.741 bits per heavy atom. The van der Waals surface area contributed by atoms with Crippen LogP contribution in [0.15, 0.2) is 72.8 Å². The molecule has 4 heteroatoms. The molecule has 0 aliphatic rings. The molecule has 1 heterocycles. The van der Waals surface area contributed by atoms with Crippen molar-refractivity contribution in [3.05, 3.63) is 89.5 Å². The Kier molecular flexibility index (Phi) is 4.71. The molecule has 2 N–H and O–H groups in total. The van der Waals surface area contributed by atoms with Gasteiger partial charge in [0.05, 0.1) is 5.52 Å². The van der Waals surface area contributed by atoms with E-state index in [1.807, 2.05) is 36.4 Å². The zero-order valence-corrected chi connectivity index (χ0v) is 15.5. The summed E-state index contributed by atoms with van der Waals surface area (Å²) in [6.45, 7) is 4.88. The Balaban J connectivity index is 1.63. The van der Waals surface area contributed by atoms with Crippen LogP contribution in [0.25, 0.3) is 10.9 Å². The molecule has 0 saturated carbocycles. The van der Waals surface area contributed by atoms with Crippen molar-refractivity contribution in [1.29, 1.82) is 0 Å². The summed E-state index contributed by atoms with van der Waals surface area (Å²) in [5, 5.41) is 7.79. The molecule has 4 aromatic rings. The van der Waals surface area contributed by atoms with Gasteiger partial charge in [-0.3, -0.25) is 0 Å². The summed E-state index contributed by atoms with van der Waals surface area (Å²) in [6.07, 6.45) is 0. The average molecular weight is 354 g/mol. The Bertz CT molecular complexity index is 1050. The van der Waals surface area contributed by atoms with Gasteiger partial charge in [0.15, 0.2) is 0 Å². The normalized spacial score (nSPS) is 10.7. The summed E-state index contributed by atoms with van der Waals surface area (Å²) in [7, 11) is 0. The largest absolute Gasteiger partial charge is 0.365 e. The first-order valence-electron chi connectivity index (χ1n) is 9.07.